The number of nitrogen functional groups attached to an aromatic ring is 1. The third kappa shape index (κ3) is 8.20. The van der Waals surface area contributed by atoms with E-state index in [0.29, 0.717) is 51.5 Å². The third-order valence-electron chi connectivity index (χ3n) is 8.95. The van der Waals surface area contributed by atoms with Gasteiger partial charge in [-0.3, -0.25) is 9.69 Å². The van der Waals surface area contributed by atoms with Gasteiger partial charge in [-0.2, -0.15) is 10.4 Å². The molecule has 6 aromatic rings. The lowest BCUT2D eigenvalue weighted by atomic mass is 9.94. The molecule has 0 unspecified atom stereocenters. The molecule has 2 N–H and O–H groups in total. The molecule has 0 aliphatic carbocycles. The van der Waals surface area contributed by atoms with Crippen molar-refractivity contribution in [2.45, 2.75) is 46.3 Å². The van der Waals surface area contributed by atoms with Gasteiger partial charge in [-0.1, -0.05) is 65.0 Å². The minimum absolute atomic E-state index is 0.0205. The van der Waals surface area contributed by atoms with E-state index in [4.69, 9.17) is 24.9 Å². The van der Waals surface area contributed by atoms with Crippen LogP contribution in [0.3, 0.4) is 0 Å². The number of hydrogen-bond donors (Lipinski definition) is 1. The molecule has 14 nitrogen and oxygen atoms in total. The highest BCUT2D eigenvalue weighted by Crippen LogP contribution is 2.34. The molecule has 3 aromatic carbocycles. The van der Waals surface area contributed by atoms with Crippen LogP contribution in [-0.4, -0.2) is 70.1 Å². The van der Waals surface area contributed by atoms with Gasteiger partial charge in [0.15, 0.2) is 21.8 Å². The summed E-state index contributed by atoms with van der Waals surface area (Å²) >= 11 is 2.73. The zero-order valence-electron chi connectivity index (χ0n) is 32.4. The van der Waals surface area contributed by atoms with Crippen LogP contribution in [0, 0.1) is 23.2 Å². The Labute approximate surface area is 342 Å². The van der Waals surface area contributed by atoms with Crippen LogP contribution in [0.25, 0.3) is 21.5 Å². The Bertz CT molecular complexity index is 2640. The van der Waals surface area contributed by atoms with Crippen molar-refractivity contribution in [1.82, 2.24) is 19.7 Å². The second-order valence-corrected chi connectivity index (χ2v) is 16.1. The number of hydrogen-bond acceptors (Lipinski definition) is 14. The Morgan fingerprint density at radius 1 is 1.03 bits per heavy atom. The molecule has 3 aromatic heterocycles. The number of aromatic nitrogens is 4. The maximum Gasteiger partial charge on any atom is 0.437 e. The third-order valence-corrected chi connectivity index (χ3v) is 11.1. The first kappa shape index (κ1) is 39.5. The first-order valence-corrected chi connectivity index (χ1v) is 19.9. The number of anilines is 3. The predicted octanol–water partition coefficient (Wildman–Crippen LogP) is 7.30. The van der Waals surface area contributed by atoms with Gasteiger partial charge in [-0.25, -0.2) is 19.6 Å². The van der Waals surface area contributed by atoms with Crippen molar-refractivity contribution in [3.63, 3.8) is 0 Å². The molecule has 0 radical (unpaired) electrons. The maximum absolute atomic E-state index is 13.9. The average Bonchev–Trinajstić information content (AvgIpc) is 3.93. The van der Waals surface area contributed by atoms with Crippen LogP contribution in [0.1, 0.15) is 70.1 Å². The molecule has 294 valence electrons. The SMILES string of the molecule is CCOC(=O)c1nc(N2CCc3cccc(C(=O)N(C)c4nc5ccccc5s4)c3C2)sc1C#CCOc1cccc(-c2nn(C(=O)OC(C)(C)C)c(N)c2C#N)c1. The summed E-state index contributed by atoms with van der Waals surface area (Å²) in [6.45, 7) is 8.00. The van der Waals surface area contributed by atoms with E-state index in [2.05, 4.69) is 21.9 Å². The number of esters is 1. The maximum atomic E-state index is 13.9. The van der Waals surface area contributed by atoms with Gasteiger partial charge < -0.3 is 24.8 Å². The minimum atomic E-state index is -0.807. The van der Waals surface area contributed by atoms with Gasteiger partial charge in [0.2, 0.25) is 0 Å². The number of thiazole rings is 2. The number of amides is 1. The molecular formula is C42H38N8O6S2. The van der Waals surface area contributed by atoms with E-state index in [-0.39, 0.29) is 41.9 Å². The lowest BCUT2D eigenvalue weighted by molar-refractivity contribution is 0.0509. The molecule has 0 saturated carbocycles. The normalized spacial score (nSPS) is 12.2. The summed E-state index contributed by atoms with van der Waals surface area (Å²) in [6.07, 6.45) is -0.133. The van der Waals surface area contributed by atoms with E-state index in [1.54, 1.807) is 63.9 Å². The van der Waals surface area contributed by atoms with Crippen molar-refractivity contribution in [1.29, 1.82) is 5.26 Å². The Morgan fingerprint density at radius 2 is 1.83 bits per heavy atom. The Morgan fingerprint density at radius 3 is 2.59 bits per heavy atom. The number of para-hydroxylation sites is 1. The number of carbonyl (C=O) groups is 3. The van der Waals surface area contributed by atoms with Gasteiger partial charge in [0.1, 0.15) is 40.2 Å². The molecule has 16 heteroatoms. The number of benzene rings is 3. The van der Waals surface area contributed by atoms with Crippen LogP contribution >= 0.6 is 22.7 Å². The quantitative estimate of drug-likeness (QED) is 0.120. The number of ether oxygens (including phenoxy) is 3. The molecule has 7 rings (SSSR count). The summed E-state index contributed by atoms with van der Waals surface area (Å²) in [4.78, 5) is 53.1. The van der Waals surface area contributed by atoms with E-state index in [1.165, 1.54) is 22.7 Å². The van der Waals surface area contributed by atoms with Gasteiger partial charge in [0.25, 0.3) is 5.91 Å². The van der Waals surface area contributed by atoms with Crippen molar-refractivity contribution in [3.05, 3.63) is 99.6 Å². The number of rotatable bonds is 8. The molecule has 0 atom stereocenters. The molecule has 0 fully saturated rings. The van der Waals surface area contributed by atoms with Gasteiger partial charge >= 0.3 is 12.1 Å². The molecule has 0 saturated heterocycles. The Kier molecular flexibility index (Phi) is 11.2. The number of nitrogens with zero attached hydrogens (tertiary/aromatic N) is 7. The van der Waals surface area contributed by atoms with Crippen LogP contribution in [-0.2, 0) is 22.4 Å². The van der Waals surface area contributed by atoms with Crippen molar-refractivity contribution in [3.8, 4) is 34.9 Å². The van der Waals surface area contributed by atoms with Gasteiger partial charge in [0.05, 0.1) is 16.8 Å². The summed E-state index contributed by atoms with van der Waals surface area (Å²) in [5, 5.41) is 15.3. The lowest BCUT2D eigenvalue weighted by Crippen LogP contribution is -2.34. The largest absolute Gasteiger partial charge is 0.481 e. The summed E-state index contributed by atoms with van der Waals surface area (Å²) in [7, 11) is 1.74. The van der Waals surface area contributed by atoms with E-state index in [9.17, 15) is 19.6 Å². The molecule has 58 heavy (non-hydrogen) atoms. The molecule has 0 bridgehead atoms. The fourth-order valence-electron chi connectivity index (χ4n) is 6.24. The minimum Gasteiger partial charge on any atom is -0.481 e. The van der Waals surface area contributed by atoms with E-state index in [0.717, 1.165) is 26.0 Å². The predicted molar refractivity (Wildman–Crippen MR) is 222 cm³/mol. The van der Waals surface area contributed by atoms with Gasteiger partial charge in [-0.05, 0) is 81.5 Å². The zero-order chi connectivity index (χ0) is 41.1. The number of carbonyl (C=O) groups excluding carboxylic acids is 3. The first-order chi connectivity index (χ1) is 27.8. The number of nitrogens with two attached hydrogens (primary N) is 1. The van der Waals surface area contributed by atoms with Crippen molar-refractivity contribution < 1.29 is 28.6 Å². The summed E-state index contributed by atoms with van der Waals surface area (Å²) in [6, 6.07) is 22.4. The van der Waals surface area contributed by atoms with E-state index >= 15 is 0 Å². The standard InChI is InChI=1S/C42H38N8O6S2/c1-6-54-38(52)35-33(18-11-21-55-27-14-9-13-26(22-27)34-29(23-43)36(44)50(47-34)41(53)56-42(2,3)4)58-40(46-35)49-20-19-25-12-10-15-28(30(25)24-49)37(51)48(5)39-45-31-16-7-8-17-32(31)57-39/h7-10,12-17,22H,6,19-21,24,44H2,1-5H3. The molecule has 0 spiro atoms. The van der Waals surface area contributed by atoms with Crippen molar-refractivity contribution in [2.24, 2.45) is 0 Å². The first-order valence-electron chi connectivity index (χ1n) is 18.3. The number of fused-ring (bicyclic) bond motifs is 2. The molecule has 4 heterocycles. The molecule has 1 amide bonds. The van der Waals surface area contributed by atoms with Crippen LogP contribution in [0.15, 0.2) is 66.7 Å². The Balaban J connectivity index is 1.09. The van der Waals surface area contributed by atoms with Crippen molar-refractivity contribution in [2.75, 3.05) is 42.3 Å². The summed E-state index contributed by atoms with van der Waals surface area (Å²) in [5.74, 6) is 5.55. The number of nitriles is 1. The Hall–Kier alpha value is -6.75. The van der Waals surface area contributed by atoms with Gasteiger partial charge in [-0.15, -0.1) is 4.68 Å². The topological polar surface area (TPSA) is 179 Å². The second-order valence-electron chi connectivity index (χ2n) is 14.1. The molecule has 1 aliphatic heterocycles. The highest BCUT2D eigenvalue weighted by molar-refractivity contribution is 7.22. The molecule has 1 aliphatic rings. The smallest absolute Gasteiger partial charge is 0.437 e. The van der Waals surface area contributed by atoms with Crippen LogP contribution in [0.4, 0.5) is 20.9 Å². The fraction of sp³-hybridized carbons (Fsp3) is 0.262. The van der Waals surface area contributed by atoms with Crippen LogP contribution in [0.2, 0.25) is 0 Å². The van der Waals surface area contributed by atoms with E-state index in [1.807, 2.05) is 53.4 Å². The van der Waals surface area contributed by atoms with Crippen LogP contribution in [0.5, 0.6) is 5.75 Å². The van der Waals surface area contributed by atoms with Crippen LogP contribution < -0.4 is 20.3 Å². The monoisotopic (exact) mass is 814 g/mol. The lowest BCUT2D eigenvalue weighted by Gasteiger charge is -2.30. The average molecular weight is 815 g/mol. The van der Waals surface area contributed by atoms with E-state index < -0.39 is 17.7 Å². The van der Waals surface area contributed by atoms with Crippen molar-refractivity contribution >= 4 is 66.9 Å². The fourth-order valence-corrected chi connectivity index (χ4v) is 8.12. The molecular weight excluding hydrogens is 777 g/mol. The summed E-state index contributed by atoms with van der Waals surface area (Å²) in [5.41, 5.74) is 9.51. The highest BCUT2D eigenvalue weighted by atomic mass is 32.1. The second kappa shape index (κ2) is 16.4. The zero-order valence-corrected chi connectivity index (χ0v) is 34.0. The van der Waals surface area contributed by atoms with Gasteiger partial charge in [0, 0.05) is 31.3 Å². The highest BCUT2D eigenvalue weighted by Gasteiger charge is 2.29. The summed E-state index contributed by atoms with van der Waals surface area (Å²) < 4.78 is 18.5.